The number of hydrogen-bond donors (Lipinski definition) is 1. The van der Waals surface area contributed by atoms with E-state index in [1.54, 1.807) is 20.1 Å². The second-order valence-electron chi connectivity index (χ2n) is 5.76. The van der Waals surface area contributed by atoms with E-state index in [9.17, 15) is 9.59 Å². The first-order chi connectivity index (χ1) is 12.6. The molecule has 0 saturated heterocycles. The first-order valence-corrected chi connectivity index (χ1v) is 8.98. The molecule has 0 aliphatic rings. The van der Waals surface area contributed by atoms with Gasteiger partial charge < -0.3 is 14.8 Å². The van der Waals surface area contributed by atoms with E-state index in [0.717, 1.165) is 21.4 Å². The third kappa shape index (κ3) is 4.21. The number of thiophene rings is 1. The number of hydrogen-bond acceptors (Lipinski definition) is 5. The van der Waals surface area contributed by atoms with Gasteiger partial charge in [0.15, 0.2) is 6.10 Å². The fraction of sp³-hybridized carbons (Fsp3) is 0.200. The smallest absolute Gasteiger partial charge is 0.349 e. The molecule has 0 saturated carbocycles. The van der Waals surface area contributed by atoms with Gasteiger partial charge in [-0.1, -0.05) is 30.3 Å². The molecule has 3 rings (SSSR count). The molecule has 0 aliphatic heterocycles. The molecule has 0 bridgehead atoms. The Morgan fingerprint density at radius 1 is 1.12 bits per heavy atom. The van der Waals surface area contributed by atoms with Crippen LogP contribution in [-0.4, -0.2) is 25.1 Å². The highest BCUT2D eigenvalue weighted by atomic mass is 32.1. The van der Waals surface area contributed by atoms with Crippen molar-refractivity contribution in [1.82, 2.24) is 5.32 Å². The molecule has 1 aromatic heterocycles. The summed E-state index contributed by atoms with van der Waals surface area (Å²) in [5.74, 6) is -0.0701. The molecule has 5 nitrogen and oxygen atoms in total. The summed E-state index contributed by atoms with van der Waals surface area (Å²) in [6.07, 6.45) is -0.869. The monoisotopic (exact) mass is 369 g/mol. The fourth-order valence-corrected chi connectivity index (χ4v) is 3.38. The largest absolute Gasteiger partial charge is 0.497 e. The van der Waals surface area contributed by atoms with E-state index in [0.29, 0.717) is 11.4 Å². The normalized spacial score (nSPS) is 11.8. The van der Waals surface area contributed by atoms with Crippen molar-refractivity contribution in [3.05, 3.63) is 65.0 Å². The second-order valence-corrected chi connectivity index (χ2v) is 6.85. The summed E-state index contributed by atoms with van der Waals surface area (Å²) in [6.45, 7) is 1.92. The van der Waals surface area contributed by atoms with Crippen LogP contribution in [0.4, 0.5) is 0 Å². The summed E-state index contributed by atoms with van der Waals surface area (Å²) in [4.78, 5) is 24.9. The summed E-state index contributed by atoms with van der Waals surface area (Å²) in [7, 11) is 1.60. The lowest BCUT2D eigenvalue weighted by molar-refractivity contribution is -0.129. The van der Waals surface area contributed by atoms with Crippen LogP contribution in [0.15, 0.2) is 54.6 Å². The minimum Gasteiger partial charge on any atom is -0.497 e. The summed E-state index contributed by atoms with van der Waals surface area (Å²) in [6, 6.07) is 16.9. The number of benzene rings is 2. The molecule has 6 heteroatoms. The highest BCUT2D eigenvalue weighted by molar-refractivity contribution is 7.20. The molecule has 1 heterocycles. The van der Waals surface area contributed by atoms with Crippen LogP contribution >= 0.6 is 11.3 Å². The minimum atomic E-state index is -0.869. The summed E-state index contributed by atoms with van der Waals surface area (Å²) in [5, 5.41) is 3.75. The van der Waals surface area contributed by atoms with Crippen molar-refractivity contribution in [2.24, 2.45) is 0 Å². The highest BCUT2D eigenvalue weighted by Crippen LogP contribution is 2.26. The first kappa shape index (κ1) is 17.9. The number of esters is 1. The van der Waals surface area contributed by atoms with Crippen LogP contribution < -0.4 is 10.1 Å². The van der Waals surface area contributed by atoms with Gasteiger partial charge >= 0.3 is 5.97 Å². The number of methoxy groups -OCH3 is 1. The van der Waals surface area contributed by atoms with Crippen LogP contribution in [0.2, 0.25) is 0 Å². The maximum atomic E-state index is 12.3. The second kappa shape index (κ2) is 8.01. The third-order valence-electron chi connectivity index (χ3n) is 3.91. The Balaban J connectivity index is 1.55. The zero-order valence-electron chi connectivity index (χ0n) is 14.5. The van der Waals surface area contributed by atoms with Crippen molar-refractivity contribution in [2.45, 2.75) is 19.6 Å². The van der Waals surface area contributed by atoms with Crippen molar-refractivity contribution in [3.8, 4) is 5.75 Å². The van der Waals surface area contributed by atoms with Crippen LogP contribution in [0.1, 0.15) is 22.2 Å². The van der Waals surface area contributed by atoms with Gasteiger partial charge in [-0.25, -0.2) is 4.79 Å². The maximum absolute atomic E-state index is 12.3. The summed E-state index contributed by atoms with van der Waals surface area (Å²) < 4.78 is 11.4. The van der Waals surface area contributed by atoms with Crippen LogP contribution in [-0.2, 0) is 16.1 Å². The van der Waals surface area contributed by atoms with Gasteiger partial charge in [0.25, 0.3) is 5.91 Å². The van der Waals surface area contributed by atoms with Crippen LogP contribution in [0.5, 0.6) is 5.75 Å². The van der Waals surface area contributed by atoms with E-state index in [-0.39, 0.29) is 5.91 Å². The molecule has 0 unspecified atom stereocenters. The molecule has 0 radical (unpaired) electrons. The number of fused-ring (bicyclic) bond motifs is 1. The Hall–Kier alpha value is -2.86. The van der Waals surface area contributed by atoms with Crippen molar-refractivity contribution in [3.63, 3.8) is 0 Å². The standard InChI is InChI=1S/C20H19NO4S/c1-13(19(22)21-12-14-7-9-16(24-2)10-8-14)25-20(23)18-11-15-5-3-4-6-17(15)26-18/h3-11,13H,12H2,1-2H3,(H,21,22)/t13-/m0/s1. The van der Waals surface area contributed by atoms with E-state index < -0.39 is 12.1 Å². The number of rotatable bonds is 6. The molecule has 1 amide bonds. The predicted molar refractivity (Wildman–Crippen MR) is 102 cm³/mol. The first-order valence-electron chi connectivity index (χ1n) is 8.17. The number of amides is 1. The number of nitrogens with one attached hydrogen (secondary N) is 1. The molecule has 1 N–H and O–H groups in total. The zero-order chi connectivity index (χ0) is 18.5. The Labute approximate surface area is 155 Å². The van der Waals surface area contributed by atoms with E-state index >= 15 is 0 Å². The lowest BCUT2D eigenvalue weighted by atomic mass is 10.2. The topological polar surface area (TPSA) is 64.6 Å². The third-order valence-corrected chi connectivity index (χ3v) is 5.00. The molecule has 134 valence electrons. The molecule has 0 fully saturated rings. The van der Waals surface area contributed by atoms with E-state index in [1.807, 2.05) is 48.5 Å². The number of ether oxygens (including phenoxy) is 2. The van der Waals surface area contributed by atoms with E-state index in [2.05, 4.69) is 5.32 Å². The molecule has 3 aromatic rings. The zero-order valence-corrected chi connectivity index (χ0v) is 15.3. The van der Waals surface area contributed by atoms with Crippen LogP contribution in [0.25, 0.3) is 10.1 Å². The lowest BCUT2D eigenvalue weighted by Crippen LogP contribution is -2.35. The van der Waals surface area contributed by atoms with Crippen molar-refractivity contribution >= 4 is 33.3 Å². The van der Waals surface area contributed by atoms with Gasteiger partial charge in [0.05, 0.1) is 7.11 Å². The maximum Gasteiger partial charge on any atom is 0.349 e. The Morgan fingerprint density at radius 2 is 1.85 bits per heavy atom. The minimum absolute atomic E-state index is 0.338. The van der Waals surface area contributed by atoms with Gasteiger partial charge in [-0.2, -0.15) is 0 Å². The highest BCUT2D eigenvalue weighted by Gasteiger charge is 2.20. The van der Waals surface area contributed by atoms with Gasteiger partial charge in [-0.15, -0.1) is 11.3 Å². The Kier molecular flexibility index (Phi) is 5.53. The summed E-state index contributed by atoms with van der Waals surface area (Å²) >= 11 is 1.35. The van der Waals surface area contributed by atoms with Crippen molar-refractivity contribution in [1.29, 1.82) is 0 Å². The average molecular weight is 369 g/mol. The molecular weight excluding hydrogens is 350 g/mol. The van der Waals surface area contributed by atoms with Gasteiger partial charge in [-0.05, 0) is 42.1 Å². The molecule has 1 atom stereocenters. The van der Waals surface area contributed by atoms with E-state index in [1.165, 1.54) is 11.3 Å². The van der Waals surface area contributed by atoms with Gasteiger partial charge in [0.1, 0.15) is 10.6 Å². The lowest BCUT2D eigenvalue weighted by Gasteiger charge is -2.13. The Bertz CT molecular complexity index is 884. The van der Waals surface area contributed by atoms with Gasteiger partial charge in [0.2, 0.25) is 0 Å². The quantitative estimate of drug-likeness (QED) is 0.672. The van der Waals surface area contributed by atoms with Gasteiger partial charge in [0, 0.05) is 11.2 Å². The van der Waals surface area contributed by atoms with Crippen molar-refractivity contribution in [2.75, 3.05) is 7.11 Å². The van der Waals surface area contributed by atoms with Crippen LogP contribution in [0.3, 0.4) is 0 Å². The molecule has 0 spiro atoms. The Morgan fingerprint density at radius 3 is 2.54 bits per heavy atom. The average Bonchev–Trinajstić information content (AvgIpc) is 3.10. The molecule has 26 heavy (non-hydrogen) atoms. The molecule has 0 aliphatic carbocycles. The van der Waals surface area contributed by atoms with Gasteiger partial charge in [-0.3, -0.25) is 4.79 Å². The van der Waals surface area contributed by atoms with Crippen molar-refractivity contribution < 1.29 is 19.1 Å². The predicted octanol–water partition coefficient (Wildman–Crippen LogP) is 3.77. The van der Waals surface area contributed by atoms with E-state index in [4.69, 9.17) is 9.47 Å². The SMILES string of the molecule is COc1ccc(CNC(=O)[C@H](C)OC(=O)c2cc3ccccc3s2)cc1. The molecular formula is C20H19NO4S. The van der Waals surface area contributed by atoms with Crippen LogP contribution in [0, 0.1) is 0 Å². The number of carbonyl (C=O) groups excluding carboxylic acids is 2. The fourth-order valence-electron chi connectivity index (χ4n) is 2.43. The summed E-state index contributed by atoms with van der Waals surface area (Å²) in [5.41, 5.74) is 0.933. The molecule has 2 aromatic carbocycles. The number of carbonyl (C=O) groups is 2.